The van der Waals surface area contributed by atoms with E-state index < -0.39 is 0 Å². The Morgan fingerprint density at radius 1 is 1.33 bits per heavy atom. The summed E-state index contributed by atoms with van der Waals surface area (Å²) in [6.07, 6.45) is 2.27. The van der Waals surface area contributed by atoms with Crippen LogP contribution in [-0.4, -0.2) is 23.6 Å². The number of nitrogens with two attached hydrogens (primary N) is 1. The van der Waals surface area contributed by atoms with E-state index in [9.17, 15) is 5.26 Å². The fraction of sp³-hybridized carbons (Fsp3) is 0.267. The summed E-state index contributed by atoms with van der Waals surface area (Å²) in [5.41, 5.74) is 7.72. The molecule has 2 rings (SSSR count). The Labute approximate surface area is 123 Å². The zero-order valence-corrected chi connectivity index (χ0v) is 12.1. The lowest BCUT2D eigenvalue weighted by Crippen LogP contribution is -2.16. The lowest BCUT2D eigenvalue weighted by atomic mass is 10.2. The zero-order chi connectivity index (χ0) is 15.2. The van der Waals surface area contributed by atoms with Gasteiger partial charge in [0.25, 0.3) is 0 Å². The number of hydrogen-bond acceptors (Lipinski definition) is 6. The van der Waals surface area contributed by atoms with E-state index in [0.29, 0.717) is 29.6 Å². The molecule has 0 amide bonds. The number of nitriles is 1. The number of nitrogen functional groups attached to an aromatic ring is 1. The molecule has 0 aliphatic heterocycles. The second kappa shape index (κ2) is 6.57. The van der Waals surface area contributed by atoms with E-state index in [2.05, 4.69) is 16.0 Å². The van der Waals surface area contributed by atoms with Crippen molar-refractivity contribution < 1.29 is 4.74 Å². The van der Waals surface area contributed by atoms with Crippen molar-refractivity contribution in [3.05, 3.63) is 36.2 Å². The number of rotatable bonds is 5. The second-order valence-corrected chi connectivity index (χ2v) is 4.45. The third-order valence-electron chi connectivity index (χ3n) is 2.97. The summed E-state index contributed by atoms with van der Waals surface area (Å²) in [5, 5.41) is 9.19. The molecule has 0 spiro atoms. The maximum Gasteiger partial charge on any atom is 0.242 e. The Morgan fingerprint density at radius 3 is 2.81 bits per heavy atom. The van der Waals surface area contributed by atoms with Gasteiger partial charge in [0.15, 0.2) is 5.82 Å². The van der Waals surface area contributed by atoms with E-state index in [-0.39, 0.29) is 0 Å². The minimum atomic E-state index is 0.362. The molecule has 2 N–H and O–H groups in total. The molecule has 1 heterocycles. The summed E-state index contributed by atoms with van der Waals surface area (Å²) in [4.78, 5) is 10.0. The summed E-state index contributed by atoms with van der Waals surface area (Å²) in [5.74, 6) is 0.877. The lowest BCUT2D eigenvalue weighted by molar-refractivity contribution is 0.306. The highest BCUT2D eigenvalue weighted by atomic mass is 16.5. The molecule has 1 aromatic carbocycles. The van der Waals surface area contributed by atoms with Crippen LogP contribution in [-0.2, 0) is 0 Å². The van der Waals surface area contributed by atoms with E-state index in [1.165, 1.54) is 6.33 Å². The van der Waals surface area contributed by atoms with Crippen LogP contribution in [0.1, 0.15) is 18.9 Å². The molecule has 0 unspecified atom stereocenters. The van der Waals surface area contributed by atoms with Crippen LogP contribution in [0.25, 0.3) is 0 Å². The topological polar surface area (TPSA) is 88.1 Å². The van der Waals surface area contributed by atoms with Gasteiger partial charge in [-0.3, -0.25) is 0 Å². The summed E-state index contributed by atoms with van der Waals surface area (Å²) >= 11 is 0. The summed E-state index contributed by atoms with van der Waals surface area (Å²) in [6.45, 7) is 2.55. The molecule has 0 aliphatic rings. The highest BCUT2D eigenvalue weighted by molar-refractivity contribution is 5.76. The first-order chi connectivity index (χ1) is 10.2. The predicted octanol–water partition coefficient (Wildman–Crippen LogP) is 2.49. The highest BCUT2D eigenvalue weighted by Crippen LogP contribution is 2.32. The first-order valence-corrected chi connectivity index (χ1v) is 6.65. The summed E-state index contributed by atoms with van der Waals surface area (Å²) in [6, 6.07) is 9.42. The van der Waals surface area contributed by atoms with Gasteiger partial charge in [-0.1, -0.05) is 19.1 Å². The van der Waals surface area contributed by atoms with Gasteiger partial charge in [0.2, 0.25) is 5.88 Å². The van der Waals surface area contributed by atoms with Crippen LogP contribution >= 0.6 is 0 Å². The second-order valence-electron chi connectivity index (χ2n) is 4.45. The van der Waals surface area contributed by atoms with Gasteiger partial charge in [-0.25, -0.2) is 4.98 Å². The van der Waals surface area contributed by atoms with Gasteiger partial charge < -0.3 is 15.4 Å². The van der Waals surface area contributed by atoms with Gasteiger partial charge in [-0.2, -0.15) is 10.2 Å². The van der Waals surface area contributed by atoms with E-state index in [4.69, 9.17) is 10.5 Å². The summed E-state index contributed by atoms with van der Waals surface area (Å²) in [7, 11) is 1.80. The van der Waals surface area contributed by atoms with Crippen molar-refractivity contribution in [2.75, 3.05) is 24.3 Å². The Morgan fingerprint density at radius 2 is 2.10 bits per heavy atom. The van der Waals surface area contributed by atoms with Crippen molar-refractivity contribution in [2.24, 2.45) is 0 Å². The quantitative estimate of drug-likeness (QED) is 0.907. The van der Waals surface area contributed by atoms with Crippen LogP contribution in [0.4, 0.5) is 17.2 Å². The van der Waals surface area contributed by atoms with Gasteiger partial charge in [-0.05, 0) is 18.6 Å². The molecule has 0 radical (unpaired) electrons. The largest absolute Gasteiger partial charge is 0.476 e. The monoisotopic (exact) mass is 283 g/mol. The SMILES string of the molecule is CCCOc1ncnc(N(C)c2ccccc2C#N)c1N. The average Bonchev–Trinajstić information content (AvgIpc) is 2.53. The molecule has 1 aromatic heterocycles. The molecule has 6 heteroatoms. The van der Waals surface area contributed by atoms with Gasteiger partial charge >= 0.3 is 0 Å². The summed E-state index contributed by atoms with van der Waals surface area (Å²) < 4.78 is 5.50. The van der Waals surface area contributed by atoms with Crippen molar-refractivity contribution in [3.8, 4) is 11.9 Å². The van der Waals surface area contributed by atoms with Crippen LogP contribution in [0, 0.1) is 11.3 Å². The Hall–Kier alpha value is -2.81. The maximum atomic E-state index is 9.19. The first kappa shape index (κ1) is 14.6. The van der Waals surface area contributed by atoms with Crippen molar-refractivity contribution in [1.82, 2.24) is 9.97 Å². The maximum absolute atomic E-state index is 9.19. The molecule has 0 saturated carbocycles. The third kappa shape index (κ3) is 3.03. The molecule has 0 bridgehead atoms. The fourth-order valence-electron chi connectivity index (χ4n) is 1.93. The molecular formula is C15H17N5O. The molecular weight excluding hydrogens is 266 g/mol. The van der Waals surface area contributed by atoms with Crippen LogP contribution < -0.4 is 15.4 Å². The predicted molar refractivity (Wildman–Crippen MR) is 81.5 cm³/mol. The normalized spacial score (nSPS) is 9.95. The molecule has 0 aliphatic carbocycles. The number of aromatic nitrogens is 2. The van der Waals surface area contributed by atoms with Gasteiger partial charge in [0.05, 0.1) is 17.9 Å². The molecule has 21 heavy (non-hydrogen) atoms. The van der Waals surface area contributed by atoms with Crippen molar-refractivity contribution >= 4 is 17.2 Å². The standard InChI is InChI=1S/C15H17N5O/c1-3-8-21-15-13(17)14(18-10-19-15)20(2)12-7-5-4-6-11(12)9-16/h4-7,10H,3,8,17H2,1-2H3. The van der Waals surface area contributed by atoms with Gasteiger partial charge in [0, 0.05) is 7.05 Å². The van der Waals surface area contributed by atoms with Crippen LogP contribution in [0.5, 0.6) is 5.88 Å². The molecule has 0 fully saturated rings. The molecule has 2 aromatic rings. The number of nitrogens with zero attached hydrogens (tertiary/aromatic N) is 4. The van der Waals surface area contributed by atoms with E-state index in [1.54, 1.807) is 18.0 Å². The Balaban J connectivity index is 2.40. The minimum absolute atomic E-state index is 0.362. The number of para-hydroxylation sites is 1. The molecule has 0 atom stereocenters. The fourth-order valence-corrected chi connectivity index (χ4v) is 1.93. The molecule has 108 valence electrons. The Bertz CT molecular complexity index is 665. The smallest absolute Gasteiger partial charge is 0.242 e. The number of benzene rings is 1. The van der Waals surface area contributed by atoms with Gasteiger partial charge in [0.1, 0.15) is 18.1 Å². The van der Waals surface area contributed by atoms with Crippen LogP contribution in [0.3, 0.4) is 0 Å². The minimum Gasteiger partial charge on any atom is -0.476 e. The first-order valence-electron chi connectivity index (χ1n) is 6.65. The number of hydrogen-bond donors (Lipinski definition) is 1. The highest BCUT2D eigenvalue weighted by Gasteiger charge is 2.16. The van der Waals surface area contributed by atoms with Crippen LogP contribution in [0.15, 0.2) is 30.6 Å². The average molecular weight is 283 g/mol. The van der Waals surface area contributed by atoms with Gasteiger partial charge in [-0.15, -0.1) is 0 Å². The number of anilines is 3. The van der Waals surface area contributed by atoms with Crippen molar-refractivity contribution in [2.45, 2.75) is 13.3 Å². The van der Waals surface area contributed by atoms with E-state index in [0.717, 1.165) is 12.1 Å². The lowest BCUT2D eigenvalue weighted by Gasteiger charge is -2.21. The number of ether oxygens (including phenoxy) is 1. The third-order valence-corrected chi connectivity index (χ3v) is 2.97. The zero-order valence-electron chi connectivity index (χ0n) is 12.1. The van der Waals surface area contributed by atoms with E-state index in [1.807, 2.05) is 25.1 Å². The van der Waals surface area contributed by atoms with Crippen molar-refractivity contribution in [3.63, 3.8) is 0 Å². The van der Waals surface area contributed by atoms with Crippen molar-refractivity contribution in [1.29, 1.82) is 5.26 Å². The van der Waals surface area contributed by atoms with Crippen LogP contribution in [0.2, 0.25) is 0 Å². The molecule has 0 saturated heterocycles. The van der Waals surface area contributed by atoms with E-state index >= 15 is 0 Å². The Kier molecular flexibility index (Phi) is 4.57. The molecule has 6 nitrogen and oxygen atoms in total.